The number of para-hydroxylation sites is 1. The van der Waals surface area contributed by atoms with Gasteiger partial charge in [0.2, 0.25) is 0 Å². The molecule has 0 aromatic heterocycles. The van der Waals surface area contributed by atoms with Gasteiger partial charge in [-0.1, -0.05) is 62.9 Å². The Morgan fingerprint density at radius 3 is 2.56 bits per heavy atom. The molecule has 2 rings (SSSR count). The summed E-state index contributed by atoms with van der Waals surface area (Å²) in [7, 11) is 1.57. The van der Waals surface area contributed by atoms with E-state index in [1.165, 1.54) is 18.3 Å². The van der Waals surface area contributed by atoms with E-state index >= 15 is 0 Å². The van der Waals surface area contributed by atoms with Crippen molar-refractivity contribution >= 4 is 41.2 Å². The summed E-state index contributed by atoms with van der Waals surface area (Å²) in [5.74, 6) is 0.0108. The Hall–Kier alpha value is -2.77. The molecule has 0 spiro atoms. The van der Waals surface area contributed by atoms with Crippen molar-refractivity contribution in [2.45, 2.75) is 46.1 Å². The van der Waals surface area contributed by atoms with Crippen LogP contribution >= 0.6 is 23.2 Å². The van der Waals surface area contributed by atoms with E-state index in [4.69, 9.17) is 32.7 Å². The van der Waals surface area contributed by atoms with Crippen molar-refractivity contribution in [3.05, 3.63) is 57.6 Å². The number of benzene rings is 2. The Morgan fingerprint density at radius 1 is 1.15 bits per heavy atom. The summed E-state index contributed by atoms with van der Waals surface area (Å²) >= 11 is 12.0. The van der Waals surface area contributed by atoms with Crippen LogP contribution in [0.3, 0.4) is 0 Å². The number of carbonyl (C=O) groups is 2. The summed E-state index contributed by atoms with van der Waals surface area (Å²) in [6.07, 6.45) is 4.58. The molecule has 0 aliphatic rings. The van der Waals surface area contributed by atoms with Crippen LogP contribution in [0.25, 0.3) is 0 Å². The normalized spacial score (nSPS) is 12.0. The Balaban J connectivity index is 2.09. The van der Waals surface area contributed by atoms with E-state index in [2.05, 4.69) is 22.8 Å². The summed E-state index contributed by atoms with van der Waals surface area (Å²) in [5, 5.41) is 7.41. The number of unbranched alkanes of at least 4 members (excludes halogenated alkanes) is 2. The molecule has 0 aliphatic carbocycles. The zero-order valence-electron chi connectivity index (χ0n) is 19.9. The van der Waals surface area contributed by atoms with Crippen LogP contribution in [0.4, 0.5) is 0 Å². The van der Waals surface area contributed by atoms with Crippen LogP contribution in [0.15, 0.2) is 41.5 Å². The van der Waals surface area contributed by atoms with Crippen molar-refractivity contribution in [2.24, 2.45) is 11.0 Å². The Morgan fingerprint density at radius 2 is 1.91 bits per heavy atom. The second-order valence-corrected chi connectivity index (χ2v) is 8.83. The van der Waals surface area contributed by atoms with E-state index in [0.29, 0.717) is 28.7 Å². The van der Waals surface area contributed by atoms with Gasteiger partial charge >= 0.3 is 0 Å². The van der Waals surface area contributed by atoms with Crippen molar-refractivity contribution in [1.29, 1.82) is 0 Å². The van der Waals surface area contributed by atoms with E-state index in [1.54, 1.807) is 19.2 Å². The predicted molar refractivity (Wildman–Crippen MR) is 136 cm³/mol. The van der Waals surface area contributed by atoms with Gasteiger partial charge in [0.15, 0.2) is 11.5 Å². The van der Waals surface area contributed by atoms with Crippen LogP contribution in [0.5, 0.6) is 11.5 Å². The number of hydrogen-bond donors (Lipinski definition) is 2. The molecule has 0 aliphatic heterocycles. The summed E-state index contributed by atoms with van der Waals surface area (Å²) < 4.78 is 11.3. The van der Waals surface area contributed by atoms with Crippen molar-refractivity contribution in [3.63, 3.8) is 0 Å². The fraction of sp³-hybridized carbons (Fsp3) is 0.400. The van der Waals surface area contributed by atoms with Gasteiger partial charge in [0.25, 0.3) is 11.8 Å². The van der Waals surface area contributed by atoms with E-state index < -0.39 is 17.9 Å². The van der Waals surface area contributed by atoms with Gasteiger partial charge < -0.3 is 14.8 Å². The molecule has 0 bridgehead atoms. The third-order valence-corrected chi connectivity index (χ3v) is 5.56. The van der Waals surface area contributed by atoms with Crippen LogP contribution < -0.4 is 20.2 Å². The molecule has 1 atom stereocenters. The monoisotopic (exact) mass is 507 g/mol. The van der Waals surface area contributed by atoms with Gasteiger partial charge in [-0.2, -0.15) is 5.10 Å². The fourth-order valence-corrected chi connectivity index (χ4v) is 3.63. The molecule has 0 heterocycles. The molecule has 0 saturated carbocycles. The van der Waals surface area contributed by atoms with E-state index in [-0.39, 0.29) is 16.5 Å². The smallest absolute Gasteiger partial charge is 0.262 e. The molecule has 2 aromatic carbocycles. The summed E-state index contributed by atoms with van der Waals surface area (Å²) in [6, 6.07) is 9.16. The van der Waals surface area contributed by atoms with E-state index in [1.807, 2.05) is 26.0 Å². The van der Waals surface area contributed by atoms with Crippen LogP contribution in [0.1, 0.15) is 56.0 Å². The molecule has 2 aromatic rings. The number of hydrazone groups is 1. The number of amides is 2. The zero-order chi connectivity index (χ0) is 25.1. The predicted octanol–water partition coefficient (Wildman–Crippen LogP) is 5.48. The standard InChI is InChI=1S/C25H31Cl2N3O4/c1-5-6-7-13-34-23-17(9-8-10-21(23)33-4)15-28-30-25(32)22(16(2)3)29-24(31)19-12-11-18(26)14-20(19)27/h8-12,14-16,22H,5-7,13H2,1-4H3,(H,29,31)(H,30,32)/b28-15+. The van der Waals surface area contributed by atoms with Crippen molar-refractivity contribution in [2.75, 3.05) is 13.7 Å². The van der Waals surface area contributed by atoms with Gasteiger partial charge in [-0.15, -0.1) is 0 Å². The van der Waals surface area contributed by atoms with Gasteiger partial charge in [0, 0.05) is 10.6 Å². The molecule has 0 fully saturated rings. The molecule has 7 nitrogen and oxygen atoms in total. The first-order valence-corrected chi connectivity index (χ1v) is 11.9. The molecule has 0 saturated heterocycles. The average molecular weight is 508 g/mol. The highest BCUT2D eigenvalue weighted by molar-refractivity contribution is 6.36. The number of methoxy groups -OCH3 is 1. The SMILES string of the molecule is CCCCCOc1c(/C=N/NC(=O)C(NC(=O)c2ccc(Cl)cc2Cl)C(C)C)cccc1OC. The fourth-order valence-electron chi connectivity index (χ4n) is 3.14. The summed E-state index contributed by atoms with van der Waals surface area (Å²) in [4.78, 5) is 25.4. The minimum absolute atomic E-state index is 0.195. The maximum Gasteiger partial charge on any atom is 0.262 e. The third kappa shape index (κ3) is 7.92. The number of halogens is 2. The number of rotatable bonds is 12. The van der Waals surface area contributed by atoms with Crippen molar-refractivity contribution in [3.8, 4) is 11.5 Å². The molecule has 1 unspecified atom stereocenters. The van der Waals surface area contributed by atoms with Crippen molar-refractivity contribution < 1.29 is 19.1 Å². The van der Waals surface area contributed by atoms with Crippen LogP contribution in [-0.4, -0.2) is 37.8 Å². The summed E-state index contributed by atoms with van der Waals surface area (Å²) in [5.41, 5.74) is 3.39. The first-order valence-electron chi connectivity index (χ1n) is 11.2. The van der Waals surface area contributed by atoms with Gasteiger partial charge in [-0.05, 0) is 42.7 Å². The topological polar surface area (TPSA) is 89.0 Å². The van der Waals surface area contributed by atoms with Gasteiger partial charge in [0.05, 0.1) is 30.5 Å². The molecule has 9 heteroatoms. The summed E-state index contributed by atoms with van der Waals surface area (Å²) in [6.45, 7) is 6.32. The second-order valence-electron chi connectivity index (χ2n) is 7.99. The Kier molecular flexibility index (Phi) is 11.2. The zero-order valence-corrected chi connectivity index (χ0v) is 21.4. The minimum atomic E-state index is -0.827. The van der Waals surface area contributed by atoms with Crippen molar-refractivity contribution in [1.82, 2.24) is 10.7 Å². The number of hydrogen-bond acceptors (Lipinski definition) is 5. The lowest BCUT2D eigenvalue weighted by Crippen LogP contribution is -2.48. The maximum absolute atomic E-state index is 12.8. The van der Waals surface area contributed by atoms with Gasteiger partial charge in [0.1, 0.15) is 6.04 Å². The van der Waals surface area contributed by atoms with E-state index in [9.17, 15) is 9.59 Å². The molecular formula is C25H31Cl2N3O4. The lowest BCUT2D eigenvalue weighted by atomic mass is 10.0. The molecular weight excluding hydrogens is 477 g/mol. The molecule has 2 N–H and O–H groups in total. The quantitative estimate of drug-likeness (QED) is 0.226. The largest absolute Gasteiger partial charge is 0.493 e. The average Bonchev–Trinajstić information content (AvgIpc) is 2.80. The highest BCUT2D eigenvalue weighted by Crippen LogP contribution is 2.30. The number of nitrogens with zero attached hydrogens (tertiary/aromatic N) is 1. The molecule has 184 valence electrons. The minimum Gasteiger partial charge on any atom is -0.493 e. The number of nitrogens with one attached hydrogen (secondary N) is 2. The molecule has 0 radical (unpaired) electrons. The second kappa shape index (κ2) is 13.8. The number of ether oxygens (including phenoxy) is 2. The highest BCUT2D eigenvalue weighted by Gasteiger charge is 2.25. The van der Waals surface area contributed by atoms with E-state index in [0.717, 1.165) is 19.3 Å². The first kappa shape index (κ1) is 27.5. The third-order valence-electron chi connectivity index (χ3n) is 5.01. The van der Waals surface area contributed by atoms with Gasteiger partial charge in [-0.25, -0.2) is 5.43 Å². The maximum atomic E-state index is 12.8. The van der Waals surface area contributed by atoms with Crippen LogP contribution in [0, 0.1) is 5.92 Å². The first-order chi connectivity index (χ1) is 16.3. The Bertz CT molecular complexity index is 1010. The molecule has 2 amide bonds. The van der Waals surface area contributed by atoms with Crippen LogP contribution in [0.2, 0.25) is 10.0 Å². The number of carbonyl (C=O) groups excluding carboxylic acids is 2. The molecule has 34 heavy (non-hydrogen) atoms. The lowest BCUT2D eigenvalue weighted by molar-refractivity contribution is -0.123. The highest BCUT2D eigenvalue weighted by atomic mass is 35.5. The Labute approximate surface area is 210 Å². The lowest BCUT2D eigenvalue weighted by Gasteiger charge is -2.20. The van der Waals surface area contributed by atoms with Crippen LogP contribution in [-0.2, 0) is 4.79 Å². The van der Waals surface area contributed by atoms with Gasteiger partial charge in [-0.3, -0.25) is 9.59 Å².